The van der Waals surface area contributed by atoms with E-state index >= 15 is 0 Å². The fraction of sp³-hybridized carbons (Fsp3) is 0.286. The molecule has 1 atom stereocenters. The van der Waals surface area contributed by atoms with Gasteiger partial charge in [0.1, 0.15) is 5.75 Å². The van der Waals surface area contributed by atoms with Gasteiger partial charge in [-0.05, 0) is 54.3 Å². The SMILES string of the molecule is CC(Oc1ccc(-c2nnco2)cc1)C(=O)Nc1ccc(C(C)(C)C)cc1. The molecule has 1 amide bonds. The number of amides is 1. The average Bonchev–Trinajstić information content (AvgIpc) is 3.16. The molecule has 0 radical (unpaired) electrons. The highest BCUT2D eigenvalue weighted by Crippen LogP contribution is 2.24. The standard InChI is InChI=1S/C21H23N3O3/c1-14(19(25)23-17-9-7-16(8-10-17)21(2,3)4)27-18-11-5-15(6-12-18)20-24-22-13-26-20/h5-14H,1-4H3,(H,23,25). The second-order valence-electron chi connectivity index (χ2n) is 7.34. The average molecular weight is 365 g/mol. The summed E-state index contributed by atoms with van der Waals surface area (Å²) < 4.78 is 10.9. The highest BCUT2D eigenvalue weighted by Gasteiger charge is 2.17. The molecule has 0 aliphatic rings. The molecule has 6 nitrogen and oxygen atoms in total. The third kappa shape index (κ3) is 4.73. The Kier molecular flexibility index (Phi) is 5.26. The number of hydrogen-bond donors (Lipinski definition) is 1. The van der Waals surface area contributed by atoms with Crippen molar-refractivity contribution in [2.24, 2.45) is 0 Å². The smallest absolute Gasteiger partial charge is 0.265 e. The van der Waals surface area contributed by atoms with Crippen molar-refractivity contribution in [3.8, 4) is 17.2 Å². The van der Waals surface area contributed by atoms with Gasteiger partial charge in [0.25, 0.3) is 5.91 Å². The Morgan fingerprint density at radius 1 is 1.07 bits per heavy atom. The summed E-state index contributed by atoms with van der Waals surface area (Å²) in [4.78, 5) is 12.4. The summed E-state index contributed by atoms with van der Waals surface area (Å²) in [6.07, 6.45) is 0.641. The van der Waals surface area contributed by atoms with Crippen molar-refractivity contribution >= 4 is 11.6 Å². The lowest BCUT2D eigenvalue weighted by molar-refractivity contribution is -0.122. The molecule has 0 fully saturated rings. The first-order valence-corrected chi connectivity index (χ1v) is 8.77. The predicted octanol–water partition coefficient (Wildman–Crippen LogP) is 4.44. The minimum Gasteiger partial charge on any atom is -0.481 e. The van der Waals surface area contributed by atoms with Crippen molar-refractivity contribution in [3.63, 3.8) is 0 Å². The highest BCUT2D eigenvalue weighted by atomic mass is 16.5. The van der Waals surface area contributed by atoms with Crippen molar-refractivity contribution < 1.29 is 13.9 Å². The molecule has 27 heavy (non-hydrogen) atoms. The van der Waals surface area contributed by atoms with Crippen molar-refractivity contribution in [1.29, 1.82) is 0 Å². The second kappa shape index (κ2) is 7.61. The molecule has 0 bridgehead atoms. The molecule has 0 spiro atoms. The topological polar surface area (TPSA) is 77.2 Å². The monoisotopic (exact) mass is 365 g/mol. The molecule has 0 aliphatic carbocycles. The minimum absolute atomic E-state index is 0.0757. The van der Waals surface area contributed by atoms with Crippen LogP contribution >= 0.6 is 0 Å². The highest BCUT2D eigenvalue weighted by molar-refractivity contribution is 5.94. The number of aromatic nitrogens is 2. The van der Waals surface area contributed by atoms with Gasteiger partial charge in [0.2, 0.25) is 12.3 Å². The van der Waals surface area contributed by atoms with Gasteiger partial charge in [0.15, 0.2) is 6.10 Å². The fourth-order valence-electron chi connectivity index (χ4n) is 2.53. The number of carbonyl (C=O) groups excluding carboxylic acids is 1. The van der Waals surface area contributed by atoms with Gasteiger partial charge in [-0.2, -0.15) is 0 Å². The molecule has 0 saturated heterocycles. The largest absolute Gasteiger partial charge is 0.481 e. The van der Waals surface area contributed by atoms with E-state index in [9.17, 15) is 4.79 Å². The third-order valence-corrected chi connectivity index (χ3v) is 4.16. The molecule has 1 unspecified atom stereocenters. The molecule has 1 heterocycles. The Hall–Kier alpha value is -3.15. The van der Waals surface area contributed by atoms with Gasteiger partial charge < -0.3 is 14.5 Å². The summed E-state index contributed by atoms with van der Waals surface area (Å²) in [6, 6.07) is 15.0. The lowest BCUT2D eigenvalue weighted by Gasteiger charge is -2.19. The second-order valence-corrected chi connectivity index (χ2v) is 7.34. The van der Waals surface area contributed by atoms with Crippen LogP contribution in [-0.4, -0.2) is 22.2 Å². The Bertz CT molecular complexity index is 880. The molecule has 2 aromatic carbocycles. The molecular weight excluding hydrogens is 342 g/mol. The molecule has 3 aromatic rings. The van der Waals surface area contributed by atoms with Crippen molar-refractivity contribution in [2.75, 3.05) is 5.32 Å². The summed E-state index contributed by atoms with van der Waals surface area (Å²) in [5.74, 6) is 0.814. The van der Waals surface area contributed by atoms with Crippen molar-refractivity contribution in [1.82, 2.24) is 10.2 Å². The van der Waals surface area contributed by atoms with Crippen LogP contribution in [0, 0.1) is 0 Å². The molecule has 0 saturated carbocycles. The van der Waals surface area contributed by atoms with Gasteiger partial charge in [0, 0.05) is 11.3 Å². The van der Waals surface area contributed by atoms with E-state index in [1.54, 1.807) is 31.2 Å². The van der Waals surface area contributed by atoms with Gasteiger partial charge in [-0.25, -0.2) is 0 Å². The summed E-state index contributed by atoms with van der Waals surface area (Å²) in [5, 5.41) is 10.4. The zero-order valence-electron chi connectivity index (χ0n) is 15.9. The van der Waals surface area contributed by atoms with Crippen molar-refractivity contribution in [2.45, 2.75) is 39.2 Å². The van der Waals surface area contributed by atoms with Crippen LogP contribution < -0.4 is 10.1 Å². The number of hydrogen-bond acceptors (Lipinski definition) is 5. The number of ether oxygens (including phenoxy) is 1. The lowest BCUT2D eigenvalue weighted by Crippen LogP contribution is -2.30. The van der Waals surface area contributed by atoms with Crippen LogP contribution in [0.25, 0.3) is 11.5 Å². The molecule has 140 valence electrons. The molecule has 0 aliphatic heterocycles. The van der Waals surface area contributed by atoms with E-state index in [1.165, 1.54) is 12.0 Å². The molecule has 1 N–H and O–H groups in total. The van der Waals surface area contributed by atoms with E-state index in [-0.39, 0.29) is 11.3 Å². The van der Waals surface area contributed by atoms with Crippen LogP contribution in [0.3, 0.4) is 0 Å². The summed E-state index contributed by atoms with van der Waals surface area (Å²) in [7, 11) is 0. The van der Waals surface area contributed by atoms with E-state index in [0.29, 0.717) is 11.6 Å². The number of carbonyl (C=O) groups is 1. The first-order valence-electron chi connectivity index (χ1n) is 8.77. The zero-order valence-corrected chi connectivity index (χ0v) is 15.9. The summed E-state index contributed by atoms with van der Waals surface area (Å²) in [6.45, 7) is 8.17. The van der Waals surface area contributed by atoms with E-state index in [2.05, 4.69) is 36.3 Å². The molecular formula is C21H23N3O3. The number of benzene rings is 2. The van der Waals surface area contributed by atoms with Gasteiger partial charge in [-0.15, -0.1) is 10.2 Å². The third-order valence-electron chi connectivity index (χ3n) is 4.16. The van der Waals surface area contributed by atoms with Crippen LogP contribution in [0.5, 0.6) is 5.75 Å². The van der Waals surface area contributed by atoms with Gasteiger partial charge in [0.05, 0.1) is 0 Å². The van der Waals surface area contributed by atoms with E-state index in [1.807, 2.05) is 24.3 Å². The summed E-state index contributed by atoms with van der Waals surface area (Å²) in [5.41, 5.74) is 2.82. The van der Waals surface area contributed by atoms with Gasteiger partial charge >= 0.3 is 0 Å². The Morgan fingerprint density at radius 2 is 1.74 bits per heavy atom. The normalized spacial score (nSPS) is 12.4. The number of nitrogens with zero attached hydrogens (tertiary/aromatic N) is 2. The molecule has 6 heteroatoms. The number of anilines is 1. The van der Waals surface area contributed by atoms with Crippen molar-refractivity contribution in [3.05, 3.63) is 60.5 Å². The van der Waals surface area contributed by atoms with E-state index in [0.717, 1.165) is 11.3 Å². The number of rotatable bonds is 5. The summed E-state index contributed by atoms with van der Waals surface area (Å²) >= 11 is 0. The maximum absolute atomic E-state index is 12.4. The van der Waals surface area contributed by atoms with Crippen LogP contribution in [0.1, 0.15) is 33.3 Å². The Morgan fingerprint density at radius 3 is 2.30 bits per heavy atom. The van der Waals surface area contributed by atoms with Crippen LogP contribution in [0.15, 0.2) is 59.3 Å². The number of nitrogens with one attached hydrogen (secondary N) is 1. The van der Waals surface area contributed by atoms with Crippen LogP contribution in [0.4, 0.5) is 5.69 Å². The Labute approximate surface area is 158 Å². The Balaban J connectivity index is 1.59. The zero-order chi connectivity index (χ0) is 19.4. The predicted molar refractivity (Wildman–Crippen MR) is 104 cm³/mol. The molecule has 3 rings (SSSR count). The van der Waals surface area contributed by atoms with Gasteiger partial charge in [-0.3, -0.25) is 4.79 Å². The van der Waals surface area contributed by atoms with Crippen LogP contribution in [0.2, 0.25) is 0 Å². The first-order chi connectivity index (χ1) is 12.8. The maximum atomic E-state index is 12.4. The maximum Gasteiger partial charge on any atom is 0.265 e. The van der Waals surface area contributed by atoms with Crippen LogP contribution in [-0.2, 0) is 10.2 Å². The molecule has 1 aromatic heterocycles. The van der Waals surface area contributed by atoms with E-state index in [4.69, 9.17) is 9.15 Å². The van der Waals surface area contributed by atoms with E-state index < -0.39 is 6.10 Å². The quantitative estimate of drug-likeness (QED) is 0.723. The minimum atomic E-state index is -0.637. The van der Waals surface area contributed by atoms with Gasteiger partial charge in [-0.1, -0.05) is 32.9 Å². The fourth-order valence-corrected chi connectivity index (χ4v) is 2.53. The first kappa shape index (κ1) is 18.6. The lowest BCUT2D eigenvalue weighted by atomic mass is 9.87.